The summed E-state index contributed by atoms with van der Waals surface area (Å²) in [5.41, 5.74) is 0.881. The Morgan fingerprint density at radius 2 is 2.21 bits per heavy atom. The number of rotatable bonds is 2. The topological polar surface area (TPSA) is 102 Å². The van der Waals surface area contributed by atoms with Crippen molar-refractivity contribution in [1.29, 1.82) is 5.26 Å². The lowest BCUT2D eigenvalue weighted by Crippen LogP contribution is -2.38. The van der Waals surface area contributed by atoms with E-state index in [1.54, 1.807) is 11.6 Å². The smallest absolute Gasteiger partial charge is 0.407 e. The van der Waals surface area contributed by atoms with Crippen LogP contribution in [0.1, 0.15) is 43.2 Å². The van der Waals surface area contributed by atoms with Crippen molar-refractivity contribution in [2.75, 3.05) is 13.1 Å². The molecule has 0 bridgehead atoms. The fourth-order valence-electron chi connectivity index (χ4n) is 2.38. The molecule has 0 radical (unpaired) electrons. The lowest BCUT2D eigenvalue weighted by atomic mass is 10.0. The number of amides is 1. The second-order valence-electron chi connectivity index (χ2n) is 4.68. The minimum absolute atomic E-state index is 0.0118. The third-order valence-corrected chi connectivity index (χ3v) is 3.46. The Labute approximate surface area is 110 Å². The van der Waals surface area contributed by atoms with Crippen LogP contribution in [-0.2, 0) is 0 Å². The summed E-state index contributed by atoms with van der Waals surface area (Å²) < 4.78 is 1.61. The van der Waals surface area contributed by atoms with Crippen LogP contribution in [-0.4, -0.2) is 44.1 Å². The lowest BCUT2D eigenvalue weighted by Gasteiger charge is -2.30. The molecule has 0 spiro atoms. The number of aromatic nitrogens is 2. The van der Waals surface area contributed by atoms with Crippen molar-refractivity contribution in [3.8, 4) is 6.07 Å². The predicted octanol–water partition coefficient (Wildman–Crippen LogP) is 1.12. The van der Waals surface area contributed by atoms with E-state index in [0.717, 1.165) is 0 Å². The van der Waals surface area contributed by atoms with Crippen molar-refractivity contribution in [2.45, 2.75) is 31.9 Å². The van der Waals surface area contributed by atoms with E-state index in [1.165, 1.54) is 11.1 Å². The number of aliphatic hydroxyl groups is 1. The van der Waals surface area contributed by atoms with E-state index in [0.29, 0.717) is 37.2 Å². The highest BCUT2D eigenvalue weighted by molar-refractivity contribution is 5.65. The van der Waals surface area contributed by atoms with Gasteiger partial charge in [0, 0.05) is 18.7 Å². The first-order chi connectivity index (χ1) is 9.04. The molecular weight excluding hydrogens is 248 g/mol. The number of nitrogens with zero attached hydrogens (tertiary/aromatic N) is 4. The number of piperidine rings is 1. The molecule has 1 amide bonds. The quantitative estimate of drug-likeness (QED) is 0.833. The highest BCUT2D eigenvalue weighted by atomic mass is 16.4. The van der Waals surface area contributed by atoms with E-state index < -0.39 is 12.2 Å². The second-order valence-corrected chi connectivity index (χ2v) is 4.68. The van der Waals surface area contributed by atoms with E-state index in [1.807, 2.05) is 0 Å². The number of carbonyl (C=O) groups is 1. The third-order valence-electron chi connectivity index (χ3n) is 3.46. The largest absolute Gasteiger partial charge is 0.465 e. The van der Waals surface area contributed by atoms with Gasteiger partial charge in [-0.2, -0.15) is 10.4 Å². The number of aliphatic hydroxyl groups excluding tert-OH is 1. The van der Waals surface area contributed by atoms with Crippen LogP contribution in [0.4, 0.5) is 4.79 Å². The SMILES string of the molecule is CC(O)c1cnn(C2CCN(C(=O)O)CC2)c1C#N. The van der Waals surface area contributed by atoms with Crippen molar-refractivity contribution in [2.24, 2.45) is 0 Å². The third kappa shape index (κ3) is 2.53. The minimum Gasteiger partial charge on any atom is -0.465 e. The summed E-state index contributed by atoms with van der Waals surface area (Å²) in [4.78, 5) is 12.2. The highest BCUT2D eigenvalue weighted by Gasteiger charge is 2.26. The van der Waals surface area contributed by atoms with Gasteiger partial charge in [0.2, 0.25) is 0 Å². The molecule has 1 aliphatic rings. The fourth-order valence-corrected chi connectivity index (χ4v) is 2.38. The lowest BCUT2D eigenvalue weighted by molar-refractivity contribution is 0.123. The normalized spacial score (nSPS) is 18.1. The first-order valence-corrected chi connectivity index (χ1v) is 6.18. The number of hydrogen-bond donors (Lipinski definition) is 2. The van der Waals surface area contributed by atoms with E-state index in [9.17, 15) is 15.2 Å². The zero-order valence-corrected chi connectivity index (χ0v) is 10.7. The van der Waals surface area contributed by atoms with Crippen molar-refractivity contribution in [3.63, 3.8) is 0 Å². The molecule has 2 heterocycles. The maximum atomic E-state index is 10.8. The Morgan fingerprint density at radius 1 is 1.58 bits per heavy atom. The number of carboxylic acid groups (broad SMARTS) is 1. The first-order valence-electron chi connectivity index (χ1n) is 6.18. The van der Waals surface area contributed by atoms with Crippen LogP contribution in [0.3, 0.4) is 0 Å². The highest BCUT2D eigenvalue weighted by Crippen LogP contribution is 2.26. The molecule has 0 aliphatic carbocycles. The summed E-state index contributed by atoms with van der Waals surface area (Å²) in [6, 6.07) is 2.08. The molecule has 7 heteroatoms. The van der Waals surface area contributed by atoms with Crippen molar-refractivity contribution >= 4 is 6.09 Å². The van der Waals surface area contributed by atoms with Gasteiger partial charge in [0.15, 0.2) is 0 Å². The number of likely N-dealkylation sites (tertiary alicyclic amines) is 1. The Bertz CT molecular complexity index is 510. The van der Waals surface area contributed by atoms with Gasteiger partial charge in [-0.1, -0.05) is 0 Å². The summed E-state index contributed by atoms with van der Waals surface area (Å²) >= 11 is 0. The van der Waals surface area contributed by atoms with E-state index in [4.69, 9.17) is 5.11 Å². The molecule has 1 atom stereocenters. The van der Waals surface area contributed by atoms with E-state index >= 15 is 0 Å². The first kappa shape index (κ1) is 13.4. The summed E-state index contributed by atoms with van der Waals surface area (Å²) in [7, 11) is 0. The number of nitriles is 1. The molecule has 1 aromatic rings. The molecule has 2 rings (SSSR count). The predicted molar refractivity (Wildman–Crippen MR) is 65.4 cm³/mol. The second kappa shape index (κ2) is 5.28. The standard InChI is InChI=1S/C12H16N4O3/c1-8(17)10-7-14-16(11(10)6-13)9-2-4-15(5-3-9)12(18)19/h7-9,17H,2-5H2,1H3,(H,18,19). The maximum absolute atomic E-state index is 10.8. The molecule has 102 valence electrons. The molecule has 1 aliphatic heterocycles. The van der Waals surface area contributed by atoms with Crippen LogP contribution in [0.2, 0.25) is 0 Å². The Kier molecular flexibility index (Phi) is 3.71. The number of hydrogen-bond acceptors (Lipinski definition) is 4. The van der Waals surface area contributed by atoms with Crippen molar-refractivity contribution in [3.05, 3.63) is 17.5 Å². The van der Waals surface area contributed by atoms with Crippen LogP contribution in [0.15, 0.2) is 6.20 Å². The van der Waals surface area contributed by atoms with Gasteiger partial charge in [-0.05, 0) is 19.8 Å². The van der Waals surface area contributed by atoms with Gasteiger partial charge in [0.05, 0.1) is 18.3 Å². The molecule has 1 saturated heterocycles. The molecule has 0 saturated carbocycles. The van der Waals surface area contributed by atoms with Gasteiger partial charge >= 0.3 is 6.09 Å². The molecule has 1 aromatic heterocycles. The minimum atomic E-state index is -0.913. The summed E-state index contributed by atoms with van der Waals surface area (Å²) in [5.74, 6) is 0. The monoisotopic (exact) mass is 264 g/mol. The average Bonchev–Trinajstić information content (AvgIpc) is 2.82. The fraction of sp³-hybridized carbons (Fsp3) is 0.583. The van der Waals surface area contributed by atoms with Gasteiger partial charge in [0.25, 0.3) is 0 Å². The molecule has 7 nitrogen and oxygen atoms in total. The molecule has 2 N–H and O–H groups in total. The van der Waals surface area contributed by atoms with Crippen LogP contribution in [0, 0.1) is 11.3 Å². The molecule has 19 heavy (non-hydrogen) atoms. The van der Waals surface area contributed by atoms with Crippen LogP contribution in [0.5, 0.6) is 0 Å². The van der Waals surface area contributed by atoms with Gasteiger partial charge in [0.1, 0.15) is 11.8 Å². The maximum Gasteiger partial charge on any atom is 0.407 e. The Morgan fingerprint density at radius 3 is 2.68 bits per heavy atom. The summed E-state index contributed by atoms with van der Waals surface area (Å²) in [5, 5.41) is 31.8. The van der Waals surface area contributed by atoms with Gasteiger partial charge in [-0.15, -0.1) is 0 Å². The molecule has 1 unspecified atom stereocenters. The molecule has 1 fully saturated rings. The summed E-state index contributed by atoms with van der Waals surface area (Å²) in [6.07, 6.45) is 1.11. The molecular formula is C12H16N4O3. The zero-order valence-electron chi connectivity index (χ0n) is 10.7. The zero-order chi connectivity index (χ0) is 14.0. The van der Waals surface area contributed by atoms with Crippen molar-refractivity contribution < 1.29 is 15.0 Å². The van der Waals surface area contributed by atoms with Gasteiger partial charge in [-0.3, -0.25) is 4.68 Å². The van der Waals surface area contributed by atoms with Crippen molar-refractivity contribution in [1.82, 2.24) is 14.7 Å². The summed E-state index contributed by atoms with van der Waals surface area (Å²) in [6.45, 7) is 2.47. The van der Waals surface area contributed by atoms with Crippen LogP contribution < -0.4 is 0 Å². The van der Waals surface area contributed by atoms with Gasteiger partial charge in [-0.25, -0.2) is 4.79 Å². The van der Waals surface area contributed by atoms with E-state index in [2.05, 4.69) is 11.2 Å². The Balaban J connectivity index is 2.16. The van der Waals surface area contributed by atoms with Gasteiger partial charge < -0.3 is 15.1 Å². The average molecular weight is 264 g/mol. The van der Waals surface area contributed by atoms with E-state index in [-0.39, 0.29) is 6.04 Å². The Hall–Kier alpha value is -2.07. The van der Waals surface area contributed by atoms with Crippen LogP contribution in [0.25, 0.3) is 0 Å². The molecule has 0 aromatic carbocycles. The van der Waals surface area contributed by atoms with Crippen LogP contribution >= 0.6 is 0 Å².